The minimum atomic E-state index is -4.30. The number of carbonyl (C=O) groups is 1. The standard InChI is InChI=1S/C25H28F4N4O4/c1-2-21(34)22(33-17-30-16-31-33)32(12-13-36-14-18-6-4-3-5-7-18)23(35)19-8-10-20(11-9-19)37-15-25(28,29)24(26)27/h3-11,16-17,21-22,24,34H,2,12-15H2,1H3. The predicted molar refractivity (Wildman–Crippen MR) is 125 cm³/mol. The van der Waals surface area contributed by atoms with Gasteiger partial charge in [-0.15, -0.1) is 0 Å². The van der Waals surface area contributed by atoms with Crippen molar-refractivity contribution in [1.29, 1.82) is 0 Å². The summed E-state index contributed by atoms with van der Waals surface area (Å²) in [5, 5.41) is 14.8. The van der Waals surface area contributed by atoms with E-state index in [4.69, 9.17) is 9.47 Å². The molecule has 0 saturated heterocycles. The summed E-state index contributed by atoms with van der Waals surface area (Å²) in [5.41, 5.74) is 1.11. The summed E-state index contributed by atoms with van der Waals surface area (Å²) in [4.78, 5) is 18.8. The molecule has 0 aliphatic rings. The maximum Gasteiger partial charge on any atom is 0.340 e. The van der Waals surface area contributed by atoms with Gasteiger partial charge in [0, 0.05) is 12.1 Å². The van der Waals surface area contributed by atoms with Gasteiger partial charge in [0.05, 0.1) is 19.3 Å². The van der Waals surface area contributed by atoms with Crippen molar-refractivity contribution >= 4 is 5.91 Å². The highest BCUT2D eigenvalue weighted by Gasteiger charge is 2.41. The number of carbonyl (C=O) groups excluding carboxylic acids is 1. The Kier molecular flexibility index (Phi) is 9.98. The number of ether oxygens (including phenoxy) is 2. The van der Waals surface area contributed by atoms with Crippen molar-refractivity contribution in [3.8, 4) is 5.75 Å². The molecule has 8 nitrogen and oxygen atoms in total. The Balaban J connectivity index is 1.76. The van der Waals surface area contributed by atoms with Gasteiger partial charge in [-0.3, -0.25) is 4.79 Å². The van der Waals surface area contributed by atoms with Gasteiger partial charge in [-0.1, -0.05) is 37.3 Å². The molecule has 0 aliphatic heterocycles. The first-order valence-electron chi connectivity index (χ1n) is 11.6. The largest absolute Gasteiger partial charge is 0.487 e. The number of nitrogens with zero attached hydrogens (tertiary/aromatic N) is 4. The third-order valence-corrected chi connectivity index (χ3v) is 5.49. The Morgan fingerprint density at radius 2 is 1.84 bits per heavy atom. The van der Waals surface area contributed by atoms with Crippen LogP contribution in [0.25, 0.3) is 0 Å². The molecule has 0 radical (unpaired) electrons. The average molecular weight is 525 g/mol. The summed E-state index contributed by atoms with van der Waals surface area (Å²) < 4.78 is 62.9. The van der Waals surface area contributed by atoms with Crippen LogP contribution in [-0.2, 0) is 11.3 Å². The van der Waals surface area contributed by atoms with Crippen LogP contribution in [0.15, 0.2) is 67.3 Å². The minimum absolute atomic E-state index is 0.0894. The number of rotatable bonds is 14. The van der Waals surface area contributed by atoms with Gasteiger partial charge in [0.2, 0.25) is 0 Å². The molecule has 0 aliphatic carbocycles. The monoisotopic (exact) mass is 524 g/mol. The van der Waals surface area contributed by atoms with E-state index in [2.05, 4.69) is 10.1 Å². The molecule has 2 unspecified atom stereocenters. The van der Waals surface area contributed by atoms with Gasteiger partial charge in [-0.25, -0.2) is 18.4 Å². The van der Waals surface area contributed by atoms with E-state index in [9.17, 15) is 27.5 Å². The normalized spacial score (nSPS) is 13.4. The minimum Gasteiger partial charge on any atom is -0.487 e. The Hall–Kier alpha value is -3.51. The molecule has 0 spiro atoms. The molecule has 37 heavy (non-hydrogen) atoms. The molecule has 12 heteroatoms. The summed E-state index contributed by atoms with van der Waals surface area (Å²) in [7, 11) is 0. The molecule has 1 heterocycles. The lowest BCUT2D eigenvalue weighted by molar-refractivity contribution is -0.148. The van der Waals surface area contributed by atoms with E-state index in [1.54, 1.807) is 6.92 Å². The molecule has 2 atom stereocenters. The second-order valence-corrected chi connectivity index (χ2v) is 8.18. The van der Waals surface area contributed by atoms with Crippen LogP contribution in [-0.4, -0.2) is 68.9 Å². The first kappa shape index (κ1) is 28.1. The van der Waals surface area contributed by atoms with Crippen molar-refractivity contribution in [3.63, 3.8) is 0 Å². The van der Waals surface area contributed by atoms with Crippen LogP contribution in [0.4, 0.5) is 17.6 Å². The zero-order valence-electron chi connectivity index (χ0n) is 20.1. The van der Waals surface area contributed by atoms with Crippen molar-refractivity contribution in [3.05, 3.63) is 78.4 Å². The van der Waals surface area contributed by atoms with Gasteiger partial charge in [0.15, 0.2) is 12.8 Å². The second-order valence-electron chi connectivity index (χ2n) is 8.18. The SMILES string of the molecule is CCC(O)C(N(CCOCc1ccccc1)C(=O)c1ccc(OCC(F)(F)C(F)F)cc1)n1cncn1. The average Bonchev–Trinajstić information content (AvgIpc) is 3.43. The third kappa shape index (κ3) is 7.73. The van der Waals surface area contributed by atoms with E-state index < -0.39 is 37.1 Å². The molecule has 1 N–H and O–H groups in total. The van der Waals surface area contributed by atoms with Gasteiger partial charge >= 0.3 is 12.3 Å². The molecule has 200 valence electrons. The molecule has 3 aromatic rings. The zero-order chi connectivity index (χ0) is 26.8. The second kappa shape index (κ2) is 13.2. The molecule has 2 aromatic carbocycles. The Labute approximate surface area is 211 Å². The number of alkyl halides is 4. The summed E-state index contributed by atoms with van der Waals surface area (Å²) >= 11 is 0. The maximum atomic E-state index is 13.5. The van der Waals surface area contributed by atoms with E-state index >= 15 is 0 Å². The molecule has 0 saturated carbocycles. The lowest BCUT2D eigenvalue weighted by Gasteiger charge is -2.34. The number of amides is 1. The number of hydrogen-bond donors (Lipinski definition) is 1. The van der Waals surface area contributed by atoms with Crippen LogP contribution in [0, 0.1) is 0 Å². The molecule has 1 aromatic heterocycles. The summed E-state index contributed by atoms with van der Waals surface area (Å²) in [5.74, 6) is -4.90. The van der Waals surface area contributed by atoms with Crippen LogP contribution in [0.1, 0.15) is 35.4 Å². The molecular formula is C25H28F4N4O4. The van der Waals surface area contributed by atoms with Crippen LogP contribution in [0.5, 0.6) is 5.75 Å². The number of aliphatic hydroxyl groups is 1. The fourth-order valence-electron chi connectivity index (χ4n) is 3.47. The van der Waals surface area contributed by atoms with Gasteiger partial charge in [0.25, 0.3) is 5.91 Å². The number of aromatic nitrogens is 3. The molecular weight excluding hydrogens is 496 g/mol. The van der Waals surface area contributed by atoms with E-state index in [0.717, 1.165) is 5.56 Å². The van der Waals surface area contributed by atoms with E-state index in [-0.39, 0.29) is 24.5 Å². The third-order valence-electron chi connectivity index (χ3n) is 5.49. The fraction of sp³-hybridized carbons (Fsp3) is 0.400. The highest BCUT2D eigenvalue weighted by Crippen LogP contribution is 2.26. The van der Waals surface area contributed by atoms with Gasteiger partial charge in [-0.2, -0.15) is 13.9 Å². The smallest absolute Gasteiger partial charge is 0.340 e. The Morgan fingerprint density at radius 1 is 1.14 bits per heavy atom. The van der Waals surface area contributed by atoms with Gasteiger partial charge in [0.1, 0.15) is 18.4 Å². The summed E-state index contributed by atoms with van der Waals surface area (Å²) in [6.45, 7) is 0.811. The van der Waals surface area contributed by atoms with E-state index in [0.29, 0.717) is 13.0 Å². The van der Waals surface area contributed by atoms with Crippen molar-refractivity contribution < 1.29 is 36.9 Å². The number of hydrogen-bond acceptors (Lipinski definition) is 6. The van der Waals surface area contributed by atoms with E-state index in [1.165, 1.54) is 46.5 Å². The maximum absolute atomic E-state index is 13.5. The topological polar surface area (TPSA) is 89.7 Å². The molecule has 3 rings (SSSR count). The van der Waals surface area contributed by atoms with Crippen LogP contribution in [0.3, 0.4) is 0 Å². The lowest BCUT2D eigenvalue weighted by Crippen LogP contribution is -2.45. The van der Waals surface area contributed by atoms with Crippen molar-refractivity contribution in [2.45, 2.75) is 44.6 Å². The van der Waals surface area contributed by atoms with Crippen molar-refractivity contribution in [2.75, 3.05) is 19.8 Å². The molecule has 0 fully saturated rings. The van der Waals surface area contributed by atoms with Crippen molar-refractivity contribution in [1.82, 2.24) is 19.7 Å². The van der Waals surface area contributed by atoms with Crippen LogP contribution in [0.2, 0.25) is 0 Å². The van der Waals surface area contributed by atoms with Gasteiger partial charge < -0.3 is 19.5 Å². The summed E-state index contributed by atoms with van der Waals surface area (Å²) in [6, 6.07) is 14.6. The quantitative estimate of drug-likeness (QED) is 0.251. The predicted octanol–water partition coefficient (Wildman–Crippen LogP) is 4.19. The lowest BCUT2D eigenvalue weighted by atomic mass is 10.1. The Bertz CT molecular complexity index is 1090. The fourth-order valence-corrected chi connectivity index (χ4v) is 3.47. The summed E-state index contributed by atoms with van der Waals surface area (Å²) in [6.07, 6.45) is -2.77. The number of halogens is 4. The first-order chi connectivity index (χ1) is 17.7. The zero-order valence-corrected chi connectivity index (χ0v) is 20.1. The van der Waals surface area contributed by atoms with E-state index in [1.807, 2.05) is 30.3 Å². The number of benzene rings is 2. The highest BCUT2D eigenvalue weighted by molar-refractivity contribution is 5.94. The van der Waals surface area contributed by atoms with Crippen LogP contribution >= 0.6 is 0 Å². The Morgan fingerprint density at radius 3 is 2.43 bits per heavy atom. The number of aliphatic hydroxyl groups excluding tert-OH is 1. The first-order valence-corrected chi connectivity index (χ1v) is 11.6. The highest BCUT2D eigenvalue weighted by atomic mass is 19.3. The molecule has 0 bridgehead atoms. The van der Waals surface area contributed by atoms with Crippen LogP contribution < -0.4 is 4.74 Å². The van der Waals surface area contributed by atoms with Gasteiger partial charge in [-0.05, 0) is 36.2 Å². The van der Waals surface area contributed by atoms with Crippen molar-refractivity contribution in [2.24, 2.45) is 0 Å². The molecule has 1 amide bonds.